The van der Waals surface area contributed by atoms with E-state index in [9.17, 15) is 14.4 Å². The Morgan fingerprint density at radius 2 is 1.66 bits per heavy atom. The van der Waals surface area contributed by atoms with Gasteiger partial charge in [0.1, 0.15) is 6.17 Å². The van der Waals surface area contributed by atoms with E-state index in [1.807, 2.05) is 36.1 Å². The molecule has 0 saturated carbocycles. The number of nitrogens with zero attached hydrogens (tertiary/aromatic N) is 5. The van der Waals surface area contributed by atoms with Crippen LogP contribution >= 0.6 is 23.2 Å². The lowest BCUT2D eigenvalue weighted by Crippen LogP contribution is -2.58. The van der Waals surface area contributed by atoms with E-state index in [0.717, 1.165) is 74.2 Å². The van der Waals surface area contributed by atoms with Gasteiger partial charge in [0.05, 0.1) is 13.1 Å². The molecule has 0 aliphatic carbocycles. The number of para-hydroxylation sites is 1. The van der Waals surface area contributed by atoms with E-state index < -0.39 is 18.4 Å². The minimum Gasteiger partial charge on any atom is -0.436 e. The van der Waals surface area contributed by atoms with Gasteiger partial charge in [-0.3, -0.25) is 19.4 Å². The molecule has 0 aromatic heterocycles. The summed E-state index contributed by atoms with van der Waals surface area (Å²) in [6.45, 7) is 7.50. The van der Waals surface area contributed by atoms with Crippen molar-refractivity contribution in [3.63, 3.8) is 0 Å². The number of carbonyl (C=O) groups excluding carboxylic acids is 3. The number of hydrogen-bond acceptors (Lipinski definition) is 7. The molecule has 2 unspecified atom stereocenters. The molecular weight excluding hydrogens is 639 g/mol. The molecule has 12 heteroatoms. The summed E-state index contributed by atoms with van der Waals surface area (Å²) in [5.41, 5.74) is 3.34. The molecule has 0 bridgehead atoms. The fraction of sp³-hybridized carbons (Fsp3) is 0.571. The van der Waals surface area contributed by atoms with Crippen LogP contribution in [0, 0.1) is 6.92 Å². The molecule has 2 aromatic carbocycles. The highest BCUT2D eigenvalue weighted by Crippen LogP contribution is 2.29. The van der Waals surface area contributed by atoms with Gasteiger partial charge >= 0.3 is 6.09 Å². The van der Waals surface area contributed by atoms with E-state index in [0.29, 0.717) is 42.1 Å². The van der Waals surface area contributed by atoms with Crippen LogP contribution in [0.2, 0.25) is 10.0 Å². The molecule has 2 aromatic rings. The lowest BCUT2D eigenvalue weighted by molar-refractivity contribution is -0.145. The minimum atomic E-state index is -1.06. The standard InChI is InChI=1S/C35H46Cl2N6O4/c1-24-28(36)19-25(20-29(24)37)21-31(34(45)41-17-15-40(16-18-41)27-10-13-39(2)14-11-27)47-35(46)42-12-6-5-9-32(42)43-23-38-30-8-4-3-7-26(30)22-33(43)44/h3-4,7-8,19-20,27,31-32,38H,5-6,9-18,21-23H2,1-2H3. The van der Waals surface area contributed by atoms with Gasteiger partial charge in [-0.1, -0.05) is 41.4 Å². The maximum absolute atomic E-state index is 14.2. The van der Waals surface area contributed by atoms with Crippen molar-refractivity contribution in [1.29, 1.82) is 0 Å². The molecule has 0 radical (unpaired) electrons. The fourth-order valence-corrected chi connectivity index (χ4v) is 7.89. The Balaban J connectivity index is 1.18. The van der Waals surface area contributed by atoms with Gasteiger partial charge in [0.15, 0.2) is 6.10 Å². The number of piperidine rings is 2. The topological polar surface area (TPSA) is 88.7 Å². The Morgan fingerprint density at radius 3 is 2.38 bits per heavy atom. The Bertz CT molecular complexity index is 1440. The van der Waals surface area contributed by atoms with Gasteiger partial charge in [-0.15, -0.1) is 0 Å². The Morgan fingerprint density at radius 1 is 0.957 bits per heavy atom. The maximum Gasteiger partial charge on any atom is 0.412 e. The zero-order valence-corrected chi connectivity index (χ0v) is 28.9. The monoisotopic (exact) mass is 684 g/mol. The third kappa shape index (κ3) is 7.82. The molecule has 47 heavy (non-hydrogen) atoms. The van der Waals surface area contributed by atoms with E-state index in [4.69, 9.17) is 27.9 Å². The van der Waals surface area contributed by atoms with Gasteiger partial charge in [-0.25, -0.2) is 4.79 Å². The lowest BCUT2D eigenvalue weighted by atomic mass is 10.0. The van der Waals surface area contributed by atoms with Crippen molar-refractivity contribution in [2.45, 2.75) is 70.2 Å². The van der Waals surface area contributed by atoms with E-state index in [1.54, 1.807) is 21.9 Å². The lowest BCUT2D eigenvalue weighted by Gasteiger charge is -2.43. The second-order valence-corrected chi connectivity index (χ2v) is 14.2. The Labute approximate surface area is 287 Å². The molecule has 3 fully saturated rings. The summed E-state index contributed by atoms with van der Waals surface area (Å²) in [7, 11) is 2.16. The van der Waals surface area contributed by atoms with Crippen molar-refractivity contribution in [2.24, 2.45) is 0 Å². The van der Waals surface area contributed by atoms with Crippen LogP contribution in [0.25, 0.3) is 0 Å². The zero-order chi connectivity index (χ0) is 33.1. The molecule has 0 spiro atoms. The molecule has 3 saturated heterocycles. The van der Waals surface area contributed by atoms with Gasteiger partial charge in [0.2, 0.25) is 5.91 Å². The van der Waals surface area contributed by atoms with Gasteiger partial charge < -0.3 is 24.8 Å². The summed E-state index contributed by atoms with van der Waals surface area (Å²) in [6, 6.07) is 11.9. The third-order valence-corrected chi connectivity index (χ3v) is 11.1. The molecule has 6 rings (SSSR count). The molecule has 3 amide bonds. The second kappa shape index (κ2) is 15.0. The largest absolute Gasteiger partial charge is 0.436 e. The number of fused-ring (bicyclic) bond motifs is 1. The predicted molar refractivity (Wildman–Crippen MR) is 184 cm³/mol. The third-order valence-electron chi connectivity index (χ3n) is 10.3. The first-order valence-corrected chi connectivity index (χ1v) is 17.7. The highest BCUT2D eigenvalue weighted by atomic mass is 35.5. The van der Waals surface area contributed by atoms with Gasteiger partial charge in [0, 0.05) is 60.9 Å². The number of ether oxygens (including phenoxy) is 1. The summed E-state index contributed by atoms with van der Waals surface area (Å²) in [5, 5.41) is 4.38. The van der Waals surface area contributed by atoms with Crippen molar-refractivity contribution in [3.8, 4) is 0 Å². The smallest absolute Gasteiger partial charge is 0.412 e. The molecular formula is C35H46Cl2N6O4. The normalized spacial score (nSPS) is 22.3. The number of likely N-dealkylation sites (tertiary alicyclic amines) is 2. The van der Waals surface area contributed by atoms with Crippen LogP contribution in [-0.4, -0.2) is 120 Å². The molecule has 10 nitrogen and oxygen atoms in total. The number of amides is 3. The summed E-state index contributed by atoms with van der Waals surface area (Å²) in [5.74, 6) is -0.267. The molecule has 4 heterocycles. The molecule has 4 aliphatic rings. The Kier molecular flexibility index (Phi) is 10.8. The number of rotatable bonds is 6. The van der Waals surface area contributed by atoms with Crippen molar-refractivity contribution < 1.29 is 19.1 Å². The van der Waals surface area contributed by atoms with Crippen LogP contribution in [0.5, 0.6) is 0 Å². The minimum absolute atomic E-state index is 0.0498. The van der Waals surface area contributed by atoms with Crippen LogP contribution < -0.4 is 5.32 Å². The number of piperazine rings is 1. The molecule has 2 atom stereocenters. The summed E-state index contributed by atoms with van der Waals surface area (Å²) in [4.78, 5) is 51.7. The average Bonchev–Trinajstić information content (AvgIpc) is 3.25. The molecule has 1 N–H and O–H groups in total. The van der Waals surface area contributed by atoms with Crippen LogP contribution in [0.4, 0.5) is 10.5 Å². The van der Waals surface area contributed by atoms with E-state index >= 15 is 0 Å². The fourth-order valence-electron chi connectivity index (χ4n) is 7.36. The van der Waals surface area contributed by atoms with Crippen LogP contribution in [0.1, 0.15) is 48.8 Å². The number of carbonyl (C=O) groups is 3. The van der Waals surface area contributed by atoms with Gasteiger partial charge in [-0.2, -0.15) is 0 Å². The number of benzene rings is 2. The van der Waals surface area contributed by atoms with Crippen molar-refractivity contribution in [1.82, 2.24) is 24.5 Å². The van der Waals surface area contributed by atoms with E-state index in [1.165, 1.54) is 0 Å². The SMILES string of the molecule is Cc1c(Cl)cc(CC(OC(=O)N2CCCCC2N2CNc3ccccc3CC2=O)C(=O)N2CCN(C3CCN(C)CC3)CC2)cc1Cl. The van der Waals surface area contributed by atoms with E-state index in [2.05, 4.69) is 22.2 Å². The number of anilines is 1. The van der Waals surface area contributed by atoms with Gasteiger partial charge in [-0.05, 0) is 94.1 Å². The highest BCUT2D eigenvalue weighted by Gasteiger charge is 2.39. The number of hydrogen-bond donors (Lipinski definition) is 1. The maximum atomic E-state index is 14.2. The van der Waals surface area contributed by atoms with Crippen molar-refractivity contribution >= 4 is 46.8 Å². The van der Waals surface area contributed by atoms with Crippen LogP contribution in [0.3, 0.4) is 0 Å². The average molecular weight is 686 g/mol. The number of halogens is 2. The van der Waals surface area contributed by atoms with Crippen molar-refractivity contribution in [3.05, 3.63) is 63.1 Å². The van der Waals surface area contributed by atoms with Crippen LogP contribution in [0.15, 0.2) is 36.4 Å². The van der Waals surface area contributed by atoms with Crippen molar-refractivity contribution in [2.75, 3.05) is 64.8 Å². The van der Waals surface area contributed by atoms with E-state index in [-0.39, 0.29) is 31.3 Å². The second-order valence-electron chi connectivity index (χ2n) is 13.4. The summed E-state index contributed by atoms with van der Waals surface area (Å²) >= 11 is 13.0. The molecule has 4 aliphatic heterocycles. The zero-order valence-electron chi connectivity index (χ0n) is 27.4. The predicted octanol–water partition coefficient (Wildman–Crippen LogP) is 4.85. The first-order chi connectivity index (χ1) is 22.7. The highest BCUT2D eigenvalue weighted by molar-refractivity contribution is 6.36. The summed E-state index contributed by atoms with van der Waals surface area (Å²) < 4.78 is 6.16. The first kappa shape index (κ1) is 33.8. The number of nitrogens with one attached hydrogen (secondary N) is 1. The Hall–Kier alpha value is -3.05. The quantitative estimate of drug-likeness (QED) is 0.465. The van der Waals surface area contributed by atoms with Crippen LogP contribution in [-0.2, 0) is 27.2 Å². The first-order valence-electron chi connectivity index (χ1n) is 16.9. The summed E-state index contributed by atoms with van der Waals surface area (Å²) in [6.07, 6.45) is 2.88. The molecule has 254 valence electrons. The van der Waals surface area contributed by atoms with Gasteiger partial charge in [0.25, 0.3) is 5.91 Å².